The maximum atomic E-state index is 11.6. The summed E-state index contributed by atoms with van der Waals surface area (Å²) in [6.45, 7) is 1.99. The molecule has 0 bridgehead atoms. The third-order valence-corrected chi connectivity index (χ3v) is 6.86. The minimum absolute atomic E-state index is 0.227. The number of nitrogens with zero attached hydrogens (tertiary/aromatic N) is 4. The molecule has 0 amide bonds. The Labute approximate surface area is 194 Å². The van der Waals surface area contributed by atoms with Crippen LogP contribution in [-0.2, 0) is 12.0 Å². The number of hydrogen-bond donors (Lipinski definition) is 3. The standard InChI is InChI=1S/C24H21N5O3S/c1-14-10-18(27-21(11-14)28-20-5-3-9-26-29-20)19-13-25-23(33-19)24(32)8-2-4-15-12-16(22(30)31)6-7-17(15)24/h3,5-7,9-13,32H,2,4,8H2,1H3,(H,30,31)(H,27,28,29)/t24-/m1/s1. The van der Waals surface area contributed by atoms with Crippen LogP contribution in [0.25, 0.3) is 10.6 Å². The second-order valence-corrected chi connectivity index (χ2v) is 9.10. The van der Waals surface area contributed by atoms with Crippen LogP contribution in [0.3, 0.4) is 0 Å². The van der Waals surface area contributed by atoms with Crippen molar-refractivity contribution in [2.45, 2.75) is 31.8 Å². The van der Waals surface area contributed by atoms with Gasteiger partial charge in [-0.15, -0.1) is 16.4 Å². The molecular formula is C24H21N5O3S. The van der Waals surface area contributed by atoms with Crippen molar-refractivity contribution in [3.63, 3.8) is 0 Å². The van der Waals surface area contributed by atoms with Crippen LogP contribution in [0, 0.1) is 6.92 Å². The van der Waals surface area contributed by atoms with E-state index in [9.17, 15) is 15.0 Å². The molecule has 1 aromatic carbocycles. The number of carbonyl (C=O) groups is 1. The summed E-state index contributed by atoms with van der Waals surface area (Å²) in [6, 6.07) is 12.4. The molecule has 166 valence electrons. The summed E-state index contributed by atoms with van der Waals surface area (Å²) in [4.78, 5) is 21.4. The first-order valence-electron chi connectivity index (χ1n) is 10.5. The molecule has 3 heterocycles. The SMILES string of the molecule is Cc1cc(Nc2cccnn2)nc(-c2cnc([C@@]3(O)CCCc4cc(C(=O)O)ccc43)s2)c1. The van der Waals surface area contributed by atoms with Gasteiger partial charge in [-0.05, 0) is 79.3 Å². The number of aromatic carboxylic acids is 1. The number of hydrogen-bond acceptors (Lipinski definition) is 8. The lowest BCUT2D eigenvalue weighted by molar-refractivity contribution is 0.0607. The first-order chi connectivity index (χ1) is 15.9. The van der Waals surface area contributed by atoms with E-state index in [1.54, 1.807) is 36.7 Å². The molecule has 0 spiro atoms. The topological polar surface area (TPSA) is 121 Å². The molecule has 4 aromatic rings. The highest BCUT2D eigenvalue weighted by Gasteiger charge is 2.39. The molecule has 0 radical (unpaired) electrons. The van der Waals surface area contributed by atoms with E-state index in [4.69, 9.17) is 4.98 Å². The van der Waals surface area contributed by atoms with E-state index in [1.165, 1.54) is 11.3 Å². The van der Waals surface area contributed by atoms with Crippen LogP contribution >= 0.6 is 11.3 Å². The molecular weight excluding hydrogens is 438 g/mol. The average molecular weight is 460 g/mol. The Morgan fingerprint density at radius 1 is 1.18 bits per heavy atom. The summed E-state index contributed by atoms with van der Waals surface area (Å²) in [5.74, 6) is 0.267. The number of benzene rings is 1. The monoisotopic (exact) mass is 459 g/mol. The Morgan fingerprint density at radius 2 is 2.06 bits per heavy atom. The van der Waals surface area contributed by atoms with Gasteiger partial charge in [0.25, 0.3) is 0 Å². The normalized spacial score (nSPS) is 17.4. The van der Waals surface area contributed by atoms with Gasteiger partial charge in [-0.3, -0.25) is 0 Å². The van der Waals surface area contributed by atoms with Crippen LogP contribution in [0.5, 0.6) is 0 Å². The highest BCUT2D eigenvalue weighted by atomic mass is 32.1. The van der Waals surface area contributed by atoms with Gasteiger partial charge in [0.1, 0.15) is 16.4 Å². The van der Waals surface area contributed by atoms with Gasteiger partial charge in [0.05, 0.1) is 16.1 Å². The number of anilines is 2. The van der Waals surface area contributed by atoms with E-state index < -0.39 is 11.6 Å². The lowest BCUT2D eigenvalue weighted by atomic mass is 9.79. The predicted molar refractivity (Wildman–Crippen MR) is 125 cm³/mol. The zero-order valence-corrected chi connectivity index (χ0v) is 18.6. The van der Waals surface area contributed by atoms with E-state index in [-0.39, 0.29) is 5.56 Å². The van der Waals surface area contributed by atoms with Crippen molar-refractivity contribution in [1.29, 1.82) is 0 Å². The van der Waals surface area contributed by atoms with E-state index >= 15 is 0 Å². The molecule has 1 aliphatic rings. The average Bonchev–Trinajstić information content (AvgIpc) is 3.31. The summed E-state index contributed by atoms with van der Waals surface area (Å²) in [5, 5.41) is 32.6. The Kier molecular flexibility index (Phi) is 5.35. The van der Waals surface area contributed by atoms with Gasteiger partial charge in [-0.1, -0.05) is 6.07 Å². The van der Waals surface area contributed by atoms with E-state index in [1.807, 2.05) is 25.1 Å². The number of aromatic nitrogens is 4. The molecule has 9 heteroatoms. The van der Waals surface area contributed by atoms with Crippen LogP contribution in [0.1, 0.15) is 44.9 Å². The van der Waals surface area contributed by atoms with Gasteiger partial charge in [0.2, 0.25) is 0 Å². The van der Waals surface area contributed by atoms with Crippen LogP contribution in [0.15, 0.2) is 54.9 Å². The molecule has 1 atom stereocenters. The fourth-order valence-electron chi connectivity index (χ4n) is 4.17. The summed E-state index contributed by atoms with van der Waals surface area (Å²) in [6.07, 6.45) is 5.34. The van der Waals surface area contributed by atoms with Crippen LogP contribution in [0.2, 0.25) is 0 Å². The van der Waals surface area contributed by atoms with Gasteiger partial charge in [0.15, 0.2) is 5.82 Å². The zero-order chi connectivity index (χ0) is 23.0. The number of carboxylic acid groups (broad SMARTS) is 1. The first kappa shape index (κ1) is 21.2. The Balaban J connectivity index is 1.49. The lowest BCUT2D eigenvalue weighted by Crippen LogP contribution is -2.32. The largest absolute Gasteiger partial charge is 0.478 e. The number of rotatable bonds is 5. The number of pyridine rings is 1. The molecule has 33 heavy (non-hydrogen) atoms. The molecule has 0 fully saturated rings. The molecule has 1 aliphatic carbocycles. The number of fused-ring (bicyclic) bond motifs is 1. The Hall–Kier alpha value is -3.69. The van der Waals surface area contributed by atoms with E-state index in [0.29, 0.717) is 23.1 Å². The molecule has 8 nitrogen and oxygen atoms in total. The fourth-order valence-corrected chi connectivity index (χ4v) is 5.18. The van der Waals surface area contributed by atoms with E-state index in [0.717, 1.165) is 40.1 Å². The van der Waals surface area contributed by atoms with E-state index in [2.05, 4.69) is 20.5 Å². The maximum Gasteiger partial charge on any atom is 0.335 e. The molecule has 3 N–H and O–H groups in total. The molecule has 0 saturated carbocycles. The van der Waals surface area contributed by atoms with Gasteiger partial charge in [0, 0.05) is 12.4 Å². The minimum atomic E-state index is -1.25. The van der Waals surface area contributed by atoms with Crippen LogP contribution in [-0.4, -0.2) is 36.3 Å². The fraction of sp³-hybridized carbons (Fsp3) is 0.208. The van der Waals surface area contributed by atoms with Crippen molar-refractivity contribution in [2.75, 3.05) is 5.32 Å². The Bertz CT molecular complexity index is 1340. The lowest BCUT2D eigenvalue weighted by Gasteiger charge is -2.33. The Morgan fingerprint density at radius 3 is 2.85 bits per heavy atom. The van der Waals surface area contributed by atoms with Gasteiger partial charge >= 0.3 is 5.97 Å². The number of aliphatic hydroxyl groups is 1. The number of carboxylic acids is 1. The highest BCUT2D eigenvalue weighted by molar-refractivity contribution is 7.15. The zero-order valence-electron chi connectivity index (χ0n) is 17.8. The molecule has 5 rings (SSSR count). The molecule has 0 aliphatic heterocycles. The van der Waals surface area contributed by atoms with Crippen molar-refractivity contribution in [3.8, 4) is 10.6 Å². The summed E-state index contributed by atoms with van der Waals surface area (Å²) < 4.78 is 0. The summed E-state index contributed by atoms with van der Waals surface area (Å²) in [5.41, 5.74) is 2.31. The number of aryl methyl sites for hydroxylation is 2. The molecule has 0 saturated heterocycles. The van der Waals surface area contributed by atoms with Crippen molar-refractivity contribution in [3.05, 3.63) is 82.1 Å². The quantitative estimate of drug-likeness (QED) is 0.403. The molecule has 3 aromatic heterocycles. The first-order valence-corrected chi connectivity index (χ1v) is 11.3. The maximum absolute atomic E-state index is 11.6. The van der Waals surface area contributed by atoms with Gasteiger partial charge in [-0.2, -0.15) is 5.10 Å². The second kappa shape index (κ2) is 8.34. The van der Waals surface area contributed by atoms with Crippen molar-refractivity contribution < 1.29 is 15.0 Å². The van der Waals surface area contributed by atoms with Crippen molar-refractivity contribution in [2.24, 2.45) is 0 Å². The van der Waals surface area contributed by atoms with Crippen molar-refractivity contribution in [1.82, 2.24) is 20.2 Å². The predicted octanol–water partition coefficient (Wildman–Crippen LogP) is 4.32. The third kappa shape index (κ3) is 4.08. The third-order valence-electron chi connectivity index (χ3n) is 5.69. The smallest absolute Gasteiger partial charge is 0.335 e. The van der Waals surface area contributed by atoms with Gasteiger partial charge < -0.3 is 15.5 Å². The van der Waals surface area contributed by atoms with Crippen molar-refractivity contribution >= 4 is 28.9 Å². The minimum Gasteiger partial charge on any atom is -0.478 e. The summed E-state index contributed by atoms with van der Waals surface area (Å²) >= 11 is 1.39. The van der Waals surface area contributed by atoms with Crippen LogP contribution in [0.4, 0.5) is 11.6 Å². The number of thiazole rings is 1. The summed E-state index contributed by atoms with van der Waals surface area (Å²) in [7, 11) is 0. The van der Waals surface area contributed by atoms with Gasteiger partial charge in [-0.25, -0.2) is 14.8 Å². The highest BCUT2D eigenvalue weighted by Crippen LogP contribution is 2.43. The molecule has 0 unspecified atom stereocenters. The second-order valence-electron chi connectivity index (χ2n) is 8.07. The number of nitrogens with one attached hydrogen (secondary N) is 1. The van der Waals surface area contributed by atoms with Crippen LogP contribution < -0.4 is 5.32 Å².